The Morgan fingerprint density at radius 1 is 1.31 bits per heavy atom. The van der Waals surface area contributed by atoms with Gasteiger partial charge in [-0.3, -0.25) is 4.57 Å². The molecule has 3 rings (SSSR count). The molecule has 3 heteroatoms. The van der Waals surface area contributed by atoms with Gasteiger partial charge in [-0.2, -0.15) is 0 Å². The maximum absolute atomic E-state index is 4.53. The van der Waals surface area contributed by atoms with E-state index < -0.39 is 0 Å². The van der Waals surface area contributed by atoms with Gasteiger partial charge in [0.15, 0.2) is 5.16 Å². The normalized spacial score (nSPS) is 14.8. The van der Waals surface area contributed by atoms with Gasteiger partial charge in [-0.25, -0.2) is 4.98 Å². The van der Waals surface area contributed by atoms with Crippen molar-refractivity contribution < 1.29 is 0 Å². The van der Waals surface area contributed by atoms with E-state index in [1.165, 1.54) is 5.52 Å². The third kappa shape index (κ3) is 1.00. The topological polar surface area (TPSA) is 17.8 Å². The van der Waals surface area contributed by atoms with E-state index in [4.69, 9.17) is 0 Å². The molecule has 13 heavy (non-hydrogen) atoms. The zero-order valence-electron chi connectivity index (χ0n) is 6.97. The number of hydrogen-bond donors (Lipinski definition) is 0. The molecule has 0 unspecified atom stereocenters. The van der Waals surface area contributed by atoms with E-state index in [1.54, 1.807) is 11.8 Å². The second-order valence-electron chi connectivity index (χ2n) is 2.95. The first-order valence-electron chi connectivity index (χ1n) is 4.21. The van der Waals surface area contributed by atoms with Gasteiger partial charge in [-0.15, -0.1) is 0 Å². The SMILES string of the molecule is C1=Cn2c(nc3ccccc32)SC1. The van der Waals surface area contributed by atoms with Gasteiger partial charge in [0.25, 0.3) is 0 Å². The molecular weight excluding hydrogens is 180 g/mol. The summed E-state index contributed by atoms with van der Waals surface area (Å²) in [5.41, 5.74) is 2.28. The third-order valence-electron chi connectivity index (χ3n) is 2.13. The Hall–Kier alpha value is -1.22. The summed E-state index contributed by atoms with van der Waals surface area (Å²) < 4.78 is 2.14. The summed E-state index contributed by atoms with van der Waals surface area (Å²) in [7, 11) is 0. The highest BCUT2D eigenvalue weighted by Gasteiger charge is 2.10. The number of rotatable bonds is 0. The zero-order valence-corrected chi connectivity index (χ0v) is 7.79. The zero-order chi connectivity index (χ0) is 8.67. The highest BCUT2D eigenvalue weighted by atomic mass is 32.2. The number of fused-ring (bicyclic) bond motifs is 3. The summed E-state index contributed by atoms with van der Waals surface area (Å²) in [4.78, 5) is 4.53. The Morgan fingerprint density at radius 2 is 2.23 bits per heavy atom. The Labute approximate surface area is 80.3 Å². The lowest BCUT2D eigenvalue weighted by atomic mass is 10.3. The average molecular weight is 188 g/mol. The van der Waals surface area contributed by atoms with Gasteiger partial charge < -0.3 is 0 Å². The quantitative estimate of drug-likeness (QED) is 0.632. The Balaban J connectivity index is 2.42. The first-order valence-corrected chi connectivity index (χ1v) is 5.20. The minimum atomic E-state index is 1.03. The molecule has 0 spiro atoms. The monoisotopic (exact) mass is 188 g/mol. The van der Waals surface area contributed by atoms with Crippen LogP contribution in [-0.4, -0.2) is 15.3 Å². The van der Waals surface area contributed by atoms with Gasteiger partial charge in [-0.05, 0) is 12.1 Å². The molecule has 1 aliphatic rings. The molecule has 0 aliphatic carbocycles. The molecule has 0 amide bonds. The second kappa shape index (κ2) is 2.64. The lowest BCUT2D eigenvalue weighted by molar-refractivity contribution is 0.960. The van der Waals surface area contributed by atoms with Crippen molar-refractivity contribution in [1.82, 2.24) is 9.55 Å². The first kappa shape index (κ1) is 7.21. The Kier molecular flexibility index (Phi) is 1.46. The van der Waals surface area contributed by atoms with Gasteiger partial charge in [-0.1, -0.05) is 30.0 Å². The van der Waals surface area contributed by atoms with E-state index in [1.807, 2.05) is 12.1 Å². The van der Waals surface area contributed by atoms with Gasteiger partial charge >= 0.3 is 0 Å². The second-order valence-corrected chi connectivity index (χ2v) is 3.94. The number of hydrogen-bond acceptors (Lipinski definition) is 2. The van der Waals surface area contributed by atoms with Crippen molar-refractivity contribution in [1.29, 1.82) is 0 Å². The van der Waals surface area contributed by atoms with E-state index in [-0.39, 0.29) is 0 Å². The van der Waals surface area contributed by atoms with Gasteiger partial charge in [0.2, 0.25) is 0 Å². The Morgan fingerprint density at radius 3 is 3.23 bits per heavy atom. The molecule has 2 heterocycles. The fraction of sp³-hybridized carbons (Fsp3) is 0.100. The fourth-order valence-electron chi connectivity index (χ4n) is 1.54. The van der Waals surface area contributed by atoms with E-state index in [0.717, 1.165) is 16.4 Å². The molecule has 1 aromatic carbocycles. The highest BCUT2D eigenvalue weighted by molar-refractivity contribution is 7.99. The van der Waals surface area contributed by atoms with Gasteiger partial charge in [0, 0.05) is 12.0 Å². The maximum Gasteiger partial charge on any atom is 0.173 e. The van der Waals surface area contributed by atoms with Crippen LogP contribution in [0.4, 0.5) is 0 Å². The van der Waals surface area contributed by atoms with Crippen LogP contribution in [0.2, 0.25) is 0 Å². The van der Waals surface area contributed by atoms with E-state index >= 15 is 0 Å². The van der Waals surface area contributed by atoms with Crippen LogP contribution in [0.25, 0.3) is 17.2 Å². The lowest BCUT2D eigenvalue weighted by Crippen LogP contribution is -1.94. The van der Waals surface area contributed by atoms with Crippen LogP contribution in [0.15, 0.2) is 35.5 Å². The largest absolute Gasteiger partial charge is 0.294 e. The van der Waals surface area contributed by atoms with Gasteiger partial charge in [0.1, 0.15) is 0 Å². The lowest BCUT2D eigenvalue weighted by Gasteiger charge is -2.05. The molecule has 2 aromatic rings. The van der Waals surface area contributed by atoms with Crippen LogP contribution in [0.1, 0.15) is 0 Å². The number of aromatic nitrogens is 2. The van der Waals surface area contributed by atoms with E-state index in [0.29, 0.717) is 0 Å². The molecule has 0 saturated heterocycles. The van der Waals surface area contributed by atoms with E-state index in [2.05, 4.69) is 34.0 Å². The third-order valence-corrected chi connectivity index (χ3v) is 3.03. The molecule has 0 atom stereocenters. The van der Waals surface area contributed by atoms with Crippen molar-refractivity contribution in [3.8, 4) is 0 Å². The molecule has 0 bridgehead atoms. The van der Waals surface area contributed by atoms with Crippen LogP contribution < -0.4 is 0 Å². The molecule has 64 valence electrons. The number of para-hydroxylation sites is 2. The minimum Gasteiger partial charge on any atom is -0.294 e. The predicted octanol–water partition coefficient (Wildman–Crippen LogP) is 2.61. The molecule has 1 aliphatic heterocycles. The standard InChI is InChI=1S/C10H8N2S/c1-2-5-9-8(4-1)11-10-12(9)6-3-7-13-10/h1-6H,7H2. The smallest absolute Gasteiger partial charge is 0.173 e. The Bertz CT molecular complexity index is 485. The first-order chi connectivity index (χ1) is 6.45. The number of thioether (sulfide) groups is 1. The highest BCUT2D eigenvalue weighted by Crippen LogP contribution is 2.27. The van der Waals surface area contributed by atoms with Crippen LogP contribution in [0, 0.1) is 0 Å². The van der Waals surface area contributed by atoms with Crippen molar-refractivity contribution in [2.45, 2.75) is 5.16 Å². The van der Waals surface area contributed by atoms with E-state index in [9.17, 15) is 0 Å². The van der Waals surface area contributed by atoms with Crippen molar-refractivity contribution >= 4 is 29.0 Å². The summed E-state index contributed by atoms with van der Waals surface area (Å²) >= 11 is 1.78. The predicted molar refractivity (Wildman–Crippen MR) is 55.8 cm³/mol. The van der Waals surface area contributed by atoms with Gasteiger partial charge in [0.05, 0.1) is 11.0 Å². The minimum absolute atomic E-state index is 1.03. The van der Waals surface area contributed by atoms with Crippen molar-refractivity contribution in [3.63, 3.8) is 0 Å². The summed E-state index contributed by atoms with van der Waals surface area (Å²) in [6, 6.07) is 8.22. The molecule has 0 saturated carbocycles. The number of imidazole rings is 1. The van der Waals surface area contributed by atoms with Crippen LogP contribution in [0.5, 0.6) is 0 Å². The summed E-state index contributed by atoms with van der Waals surface area (Å²) in [6.07, 6.45) is 4.26. The molecule has 1 aromatic heterocycles. The summed E-state index contributed by atoms with van der Waals surface area (Å²) in [5.74, 6) is 1.03. The average Bonchev–Trinajstić information content (AvgIpc) is 2.56. The van der Waals surface area contributed by atoms with Crippen molar-refractivity contribution in [2.75, 3.05) is 5.75 Å². The molecular formula is C10H8N2S. The number of nitrogens with zero attached hydrogens (tertiary/aromatic N) is 2. The molecule has 0 radical (unpaired) electrons. The van der Waals surface area contributed by atoms with Crippen LogP contribution in [-0.2, 0) is 0 Å². The maximum atomic E-state index is 4.53. The van der Waals surface area contributed by atoms with Crippen molar-refractivity contribution in [3.05, 3.63) is 30.3 Å². The summed E-state index contributed by atoms with van der Waals surface area (Å²) in [5, 5.41) is 1.10. The van der Waals surface area contributed by atoms with Crippen LogP contribution in [0.3, 0.4) is 0 Å². The fourth-order valence-corrected chi connectivity index (χ4v) is 2.33. The molecule has 0 fully saturated rings. The number of benzene rings is 1. The molecule has 0 N–H and O–H groups in total. The van der Waals surface area contributed by atoms with Crippen LogP contribution >= 0.6 is 11.8 Å². The van der Waals surface area contributed by atoms with Crippen molar-refractivity contribution in [2.24, 2.45) is 0 Å². The summed E-state index contributed by atoms with van der Waals surface area (Å²) in [6.45, 7) is 0. The molecule has 2 nitrogen and oxygen atoms in total.